The van der Waals surface area contributed by atoms with Crippen LogP contribution in [0.25, 0.3) is 0 Å². The summed E-state index contributed by atoms with van der Waals surface area (Å²) >= 11 is 0. The van der Waals surface area contributed by atoms with Crippen molar-refractivity contribution in [1.82, 2.24) is 14.8 Å². The molecule has 0 atom stereocenters. The first-order chi connectivity index (χ1) is 7.92. The minimum atomic E-state index is 0.522. The topological polar surface area (TPSA) is 66.0 Å². The molecule has 2 N–H and O–H groups in total. The molecule has 5 nitrogen and oxygen atoms in total. The van der Waals surface area contributed by atoms with Gasteiger partial charge in [0.05, 0.1) is 6.61 Å². The van der Waals surface area contributed by atoms with E-state index in [0.717, 1.165) is 5.82 Å². The zero-order valence-corrected chi connectivity index (χ0v) is 9.64. The van der Waals surface area contributed by atoms with E-state index in [1.807, 2.05) is 6.33 Å². The van der Waals surface area contributed by atoms with E-state index < -0.39 is 0 Å². The number of ether oxygens (including phenoxy) is 1. The second kappa shape index (κ2) is 5.96. The standard InChI is InChI=1S/C11H20N4O/c12-6-7-16-8-11-14-13-9-15(11)10-4-2-1-3-5-10/h9-10H,1-8,12H2. The smallest absolute Gasteiger partial charge is 0.159 e. The molecule has 0 aromatic carbocycles. The first kappa shape index (κ1) is 11.5. The van der Waals surface area contributed by atoms with Gasteiger partial charge < -0.3 is 15.0 Å². The van der Waals surface area contributed by atoms with Gasteiger partial charge in [-0.05, 0) is 12.8 Å². The Kier molecular flexibility index (Phi) is 4.30. The van der Waals surface area contributed by atoms with Crippen LogP contribution < -0.4 is 5.73 Å². The SMILES string of the molecule is NCCOCc1nncn1C1CCCCC1. The first-order valence-electron chi connectivity index (χ1n) is 6.08. The van der Waals surface area contributed by atoms with Gasteiger partial charge in [0.25, 0.3) is 0 Å². The third kappa shape index (κ3) is 2.80. The summed E-state index contributed by atoms with van der Waals surface area (Å²) in [5.74, 6) is 0.931. The minimum Gasteiger partial charge on any atom is -0.372 e. The molecule has 5 heteroatoms. The summed E-state index contributed by atoms with van der Waals surface area (Å²) in [4.78, 5) is 0. The lowest BCUT2D eigenvalue weighted by molar-refractivity contribution is 0.117. The van der Waals surface area contributed by atoms with E-state index in [4.69, 9.17) is 10.5 Å². The summed E-state index contributed by atoms with van der Waals surface area (Å²) in [5.41, 5.74) is 5.38. The van der Waals surface area contributed by atoms with Crippen molar-refractivity contribution >= 4 is 0 Å². The lowest BCUT2D eigenvalue weighted by Gasteiger charge is -2.23. The molecule has 0 unspecified atom stereocenters. The van der Waals surface area contributed by atoms with Gasteiger partial charge in [0, 0.05) is 12.6 Å². The third-order valence-electron chi connectivity index (χ3n) is 3.11. The highest BCUT2D eigenvalue weighted by molar-refractivity contribution is 4.88. The summed E-state index contributed by atoms with van der Waals surface area (Å²) in [6, 6.07) is 0.570. The minimum absolute atomic E-state index is 0.522. The van der Waals surface area contributed by atoms with Crippen LogP contribution in [0.15, 0.2) is 6.33 Å². The Bertz CT molecular complexity index is 307. The molecule has 0 aliphatic heterocycles. The second-order valence-electron chi connectivity index (χ2n) is 4.29. The van der Waals surface area contributed by atoms with Crippen LogP contribution in [0.3, 0.4) is 0 Å². The number of rotatable bonds is 5. The van der Waals surface area contributed by atoms with Gasteiger partial charge in [-0.3, -0.25) is 0 Å². The van der Waals surface area contributed by atoms with Crippen LogP contribution in [-0.4, -0.2) is 27.9 Å². The highest BCUT2D eigenvalue weighted by atomic mass is 16.5. The highest BCUT2D eigenvalue weighted by Gasteiger charge is 2.18. The van der Waals surface area contributed by atoms with Gasteiger partial charge in [-0.2, -0.15) is 0 Å². The summed E-state index contributed by atoms with van der Waals surface area (Å²) < 4.78 is 7.59. The zero-order chi connectivity index (χ0) is 11.2. The quantitative estimate of drug-likeness (QED) is 0.765. The largest absolute Gasteiger partial charge is 0.372 e. The fraction of sp³-hybridized carbons (Fsp3) is 0.818. The van der Waals surface area contributed by atoms with E-state index in [2.05, 4.69) is 14.8 Å². The fourth-order valence-corrected chi connectivity index (χ4v) is 2.28. The van der Waals surface area contributed by atoms with Crippen LogP contribution in [0, 0.1) is 0 Å². The van der Waals surface area contributed by atoms with E-state index in [-0.39, 0.29) is 0 Å². The van der Waals surface area contributed by atoms with E-state index in [1.54, 1.807) is 0 Å². The molecule has 1 saturated carbocycles. The number of hydrogen-bond donors (Lipinski definition) is 1. The molecule has 1 heterocycles. The molecular formula is C11H20N4O. The molecule has 0 radical (unpaired) electrons. The Labute approximate surface area is 96.0 Å². The average Bonchev–Trinajstić information content (AvgIpc) is 2.79. The van der Waals surface area contributed by atoms with Crippen molar-refractivity contribution in [2.45, 2.75) is 44.8 Å². The third-order valence-corrected chi connectivity index (χ3v) is 3.11. The molecule has 1 aliphatic rings. The molecule has 0 spiro atoms. The van der Waals surface area contributed by atoms with Crippen molar-refractivity contribution in [3.8, 4) is 0 Å². The molecule has 16 heavy (non-hydrogen) atoms. The Morgan fingerprint density at radius 1 is 1.38 bits per heavy atom. The maximum absolute atomic E-state index is 5.41. The maximum Gasteiger partial charge on any atom is 0.159 e. The molecule has 1 aromatic heterocycles. The van der Waals surface area contributed by atoms with Crippen LogP contribution in [-0.2, 0) is 11.3 Å². The number of aromatic nitrogens is 3. The van der Waals surface area contributed by atoms with E-state index in [0.29, 0.717) is 25.8 Å². The van der Waals surface area contributed by atoms with Crippen molar-refractivity contribution in [1.29, 1.82) is 0 Å². The van der Waals surface area contributed by atoms with Gasteiger partial charge in [0.2, 0.25) is 0 Å². The van der Waals surface area contributed by atoms with Crippen molar-refractivity contribution in [2.24, 2.45) is 5.73 Å². The molecule has 0 amide bonds. The van der Waals surface area contributed by atoms with Gasteiger partial charge in [0.15, 0.2) is 5.82 Å². The Morgan fingerprint density at radius 3 is 2.94 bits per heavy atom. The Hall–Kier alpha value is -0.940. The Balaban J connectivity index is 1.94. The van der Waals surface area contributed by atoms with Crippen molar-refractivity contribution < 1.29 is 4.74 Å². The van der Waals surface area contributed by atoms with Crippen LogP contribution >= 0.6 is 0 Å². The van der Waals surface area contributed by atoms with Gasteiger partial charge in [-0.15, -0.1) is 10.2 Å². The van der Waals surface area contributed by atoms with Gasteiger partial charge in [0.1, 0.15) is 12.9 Å². The van der Waals surface area contributed by atoms with Gasteiger partial charge >= 0.3 is 0 Å². The number of hydrogen-bond acceptors (Lipinski definition) is 4. The van der Waals surface area contributed by atoms with Crippen molar-refractivity contribution in [3.05, 3.63) is 12.2 Å². The van der Waals surface area contributed by atoms with Gasteiger partial charge in [-0.25, -0.2) is 0 Å². The molecule has 0 bridgehead atoms. The lowest BCUT2D eigenvalue weighted by Crippen LogP contribution is -2.16. The second-order valence-corrected chi connectivity index (χ2v) is 4.29. The monoisotopic (exact) mass is 224 g/mol. The summed E-state index contributed by atoms with van der Waals surface area (Å²) in [7, 11) is 0. The van der Waals surface area contributed by atoms with Crippen LogP contribution in [0.1, 0.15) is 44.0 Å². The van der Waals surface area contributed by atoms with Crippen molar-refractivity contribution in [3.63, 3.8) is 0 Å². The maximum atomic E-state index is 5.41. The fourth-order valence-electron chi connectivity index (χ4n) is 2.28. The predicted molar refractivity (Wildman–Crippen MR) is 60.9 cm³/mol. The number of nitrogens with zero attached hydrogens (tertiary/aromatic N) is 3. The van der Waals surface area contributed by atoms with E-state index in [9.17, 15) is 0 Å². The molecule has 1 fully saturated rings. The van der Waals surface area contributed by atoms with Crippen LogP contribution in [0.5, 0.6) is 0 Å². The predicted octanol–water partition coefficient (Wildman–Crippen LogP) is 1.26. The average molecular weight is 224 g/mol. The summed E-state index contributed by atoms with van der Waals surface area (Å²) in [6.07, 6.45) is 8.29. The normalized spacial score (nSPS) is 17.8. The Morgan fingerprint density at radius 2 is 2.19 bits per heavy atom. The molecule has 90 valence electrons. The van der Waals surface area contributed by atoms with E-state index in [1.165, 1.54) is 32.1 Å². The van der Waals surface area contributed by atoms with Crippen LogP contribution in [0.2, 0.25) is 0 Å². The summed E-state index contributed by atoms with van der Waals surface area (Å²) in [5, 5.41) is 8.09. The highest BCUT2D eigenvalue weighted by Crippen LogP contribution is 2.28. The van der Waals surface area contributed by atoms with E-state index >= 15 is 0 Å². The number of nitrogens with two attached hydrogens (primary N) is 1. The molecular weight excluding hydrogens is 204 g/mol. The first-order valence-corrected chi connectivity index (χ1v) is 6.08. The zero-order valence-electron chi connectivity index (χ0n) is 9.64. The molecule has 0 saturated heterocycles. The van der Waals surface area contributed by atoms with Crippen LogP contribution in [0.4, 0.5) is 0 Å². The van der Waals surface area contributed by atoms with Crippen molar-refractivity contribution in [2.75, 3.05) is 13.2 Å². The summed E-state index contributed by atoms with van der Waals surface area (Å²) in [6.45, 7) is 1.66. The lowest BCUT2D eigenvalue weighted by atomic mass is 9.95. The molecule has 2 rings (SSSR count). The molecule has 1 aliphatic carbocycles. The van der Waals surface area contributed by atoms with Gasteiger partial charge in [-0.1, -0.05) is 19.3 Å². The molecule has 1 aromatic rings.